The van der Waals surface area contributed by atoms with Crippen molar-refractivity contribution in [3.63, 3.8) is 0 Å². The summed E-state index contributed by atoms with van der Waals surface area (Å²) in [6.07, 6.45) is 1.57. The predicted octanol–water partition coefficient (Wildman–Crippen LogP) is 0.0362. The summed E-state index contributed by atoms with van der Waals surface area (Å²) in [5, 5.41) is 11.2. The summed E-state index contributed by atoms with van der Waals surface area (Å²) in [5.74, 6) is -0.261. The molecule has 2 heterocycles. The van der Waals surface area contributed by atoms with E-state index in [0.29, 0.717) is 16.1 Å². The van der Waals surface area contributed by atoms with Gasteiger partial charge in [-0.3, -0.25) is 19.8 Å². The summed E-state index contributed by atoms with van der Waals surface area (Å²) in [6.45, 7) is 2.82. The number of aromatic nitrogens is 3. The first-order valence-corrected chi connectivity index (χ1v) is 5.42. The van der Waals surface area contributed by atoms with Crippen LogP contribution in [0.2, 0.25) is 0 Å². The Labute approximate surface area is 91.1 Å². The molecule has 1 atom stereocenters. The zero-order valence-corrected chi connectivity index (χ0v) is 9.28. The van der Waals surface area contributed by atoms with E-state index in [9.17, 15) is 4.79 Å². The Hall–Kier alpha value is -1.37. The molecule has 0 saturated heterocycles. The molecule has 15 heavy (non-hydrogen) atoms. The number of amides is 1. The fourth-order valence-corrected chi connectivity index (χ4v) is 1.99. The monoisotopic (exact) mass is 225 g/mol. The Morgan fingerprint density at radius 2 is 2.53 bits per heavy atom. The second kappa shape index (κ2) is 4.01. The second-order valence-electron chi connectivity index (χ2n) is 3.31. The van der Waals surface area contributed by atoms with Gasteiger partial charge in [-0.15, -0.1) is 5.10 Å². The zero-order valence-electron chi connectivity index (χ0n) is 8.47. The quantitative estimate of drug-likeness (QED) is 0.732. The van der Waals surface area contributed by atoms with Crippen LogP contribution < -0.4 is 5.32 Å². The van der Waals surface area contributed by atoms with Gasteiger partial charge in [-0.2, -0.15) is 0 Å². The molecule has 0 bridgehead atoms. The van der Waals surface area contributed by atoms with Gasteiger partial charge in [-0.25, -0.2) is 0 Å². The Morgan fingerprint density at radius 3 is 3.07 bits per heavy atom. The molecule has 1 unspecified atom stereocenters. The molecule has 0 spiro atoms. The van der Waals surface area contributed by atoms with E-state index in [-0.39, 0.29) is 5.91 Å². The van der Waals surface area contributed by atoms with Crippen LogP contribution in [-0.2, 0) is 7.05 Å². The molecule has 0 aliphatic carbocycles. The number of nitrogens with one attached hydrogen (secondary N) is 1. The first kappa shape index (κ1) is 10.2. The highest BCUT2D eigenvalue weighted by molar-refractivity contribution is 8.14. The van der Waals surface area contributed by atoms with E-state index < -0.39 is 0 Å². The maximum Gasteiger partial charge on any atom is 0.279 e. The molecule has 1 aliphatic heterocycles. The van der Waals surface area contributed by atoms with Gasteiger partial charge >= 0.3 is 0 Å². The Bertz CT molecular complexity index is 413. The van der Waals surface area contributed by atoms with Gasteiger partial charge in [-0.1, -0.05) is 23.9 Å². The second-order valence-corrected chi connectivity index (χ2v) is 4.73. The third-order valence-corrected chi connectivity index (χ3v) is 2.87. The molecule has 0 saturated carbocycles. The van der Waals surface area contributed by atoms with Crippen molar-refractivity contribution in [2.45, 2.75) is 12.2 Å². The summed E-state index contributed by atoms with van der Waals surface area (Å²) < 4.78 is 1.49. The highest BCUT2D eigenvalue weighted by Gasteiger charge is 2.18. The van der Waals surface area contributed by atoms with Gasteiger partial charge in [0, 0.05) is 12.3 Å². The van der Waals surface area contributed by atoms with E-state index in [4.69, 9.17) is 0 Å². The molecule has 1 aliphatic rings. The van der Waals surface area contributed by atoms with E-state index in [0.717, 1.165) is 6.54 Å². The number of carbonyl (C=O) groups is 1. The molecule has 1 aromatic rings. The van der Waals surface area contributed by atoms with Crippen molar-refractivity contribution in [2.24, 2.45) is 12.0 Å². The molecular weight excluding hydrogens is 214 g/mol. The minimum Gasteiger partial charge on any atom is -0.300 e. The summed E-state index contributed by atoms with van der Waals surface area (Å²) in [7, 11) is 1.72. The normalized spacial score (nSPS) is 20.1. The van der Waals surface area contributed by atoms with Gasteiger partial charge in [0.25, 0.3) is 5.91 Å². The van der Waals surface area contributed by atoms with Crippen LogP contribution in [0.4, 0.5) is 0 Å². The first-order chi connectivity index (χ1) is 7.15. The van der Waals surface area contributed by atoms with Crippen LogP contribution in [0.3, 0.4) is 0 Å². The van der Waals surface area contributed by atoms with Gasteiger partial charge in [0.1, 0.15) is 0 Å². The predicted molar refractivity (Wildman–Crippen MR) is 57.8 cm³/mol. The van der Waals surface area contributed by atoms with Crippen LogP contribution in [0.25, 0.3) is 0 Å². The molecule has 6 nitrogen and oxygen atoms in total. The van der Waals surface area contributed by atoms with Crippen LogP contribution in [0.5, 0.6) is 0 Å². The lowest BCUT2D eigenvalue weighted by atomic mass is 10.4. The zero-order chi connectivity index (χ0) is 10.8. The first-order valence-electron chi connectivity index (χ1n) is 4.54. The van der Waals surface area contributed by atoms with Crippen LogP contribution in [0.15, 0.2) is 11.2 Å². The highest BCUT2D eigenvalue weighted by atomic mass is 32.2. The topological polar surface area (TPSA) is 72.2 Å². The molecule has 0 fully saturated rings. The van der Waals surface area contributed by atoms with Crippen molar-refractivity contribution in [3.8, 4) is 0 Å². The van der Waals surface area contributed by atoms with Crippen LogP contribution in [0, 0.1) is 0 Å². The number of amidine groups is 1. The molecule has 2 rings (SSSR count). The largest absolute Gasteiger partial charge is 0.300 e. The van der Waals surface area contributed by atoms with E-state index in [1.54, 1.807) is 25.0 Å². The molecule has 7 heteroatoms. The SMILES string of the molecule is CC1CN=C(NC(=O)c2cn(C)nn2)S1. The minimum absolute atomic E-state index is 0.261. The molecule has 0 radical (unpaired) electrons. The lowest BCUT2D eigenvalue weighted by molar-refractivity contribution is 0.0973. The third kappa shape index (κ3) is 2.35. The number of hydrogen-bond donors (Lipinski definition) is 1. The molecule has 1 aromatic heterocycles. The Balaban J connectivity index is 1.98. The fraction of sp³-hybridized carbons (Fsp3) is 0.500. The van der Waals surface area contributed by atoms with Crippen molar-refractivity contribution in [2.75, 3.05) is 6.54 Å². The smallest absolute Gasteiger partial charge is 0.279 e. The van der Waals surface area contributed by atoms with Crippen molar-refractivity contribution >= 4 is 22.8 Å². The van der Waals surface area contributed by atoms with Gasteiger partial charge in [0.05, 0.1) is 12.7 Å². The Morgan fingerprint density at radius 1 is 1.73 bits per heavy atom. The van der Waals surface area contributed by atoms with E-state index in [1.807, 2.05) is 0 Å². The standard InChI is InChI=1S/C8H11N5OS/c1-5-3-9-8(15-5)10-7(14)6-4-13(2)12-11-6/h4-5H,3H2,1-2H3,(H,9,10,14). The number of aliphatic imine (C=N–C) groups is 1. The van der Waals surface area contributed by atoms with Crippen molar-refractivity contribution in [1.82, 2.24) is 20.3 Å². The highest BCUT2D eigenvalue weighted by Crippen LogP contribution is 2.18. The lowest BCUT2D eigenvalue weighted by Crippen LogP contribution is -2.27. The van der Waals surface area contributed by atoms with Crippen molar-refractivity contribution < 1.29 is 4.79 Å². The number of nitrogens with zero attached hydrogens (tertiary/aromatic N) is 4. The lowest BCUT2D eigenvalue weighted by Gasteiger charge is -2.01. The third-order valence-electron chi connectivity index (χ3n) is 1.86. The van der Waals surface area contributed by atoms with Crippen LogP contribution in [-0.4, -0.2) is 37.9 Å². The number of carbonyl (C=O) groups excluding carboxylic acids is 1. The average molecular weight is 225 g/mol. The van der Waals surface area contributed by atoms with Gasteiger partial charge in [0.15, 0.2) is 10.9 Å². The summed E-state index contributed by atoms with van der Waals surface area (Å²) in [4.78, 5) is 15.8. The summed E-state index contributed by atoms with van der Waals surface area (Å²) in [6, 6.07) is 0. The molecule has 1 N–H and O–H groups in total. The fourth-order valence-electron chi connectivity index (χ4n) is 1.16. The number of thioether (sulfide) groups is 1. The Kier molecular flexibility index (Phi) is 2.72. The average Bonchev–Trinajstić information content (AvgIpc) is 2.75. The molecule has 1 amide bonds. The van der Waals surface area contributed by atoms with E-state index in [1.165, 1.54) is 4.68 Å². The molecular formula is C8H11N5OS. The number of aryl methyl sites for hydroxylation is 1. The van der Waals surface area contributed by atoms with E-state index in [2.05, 4.69) is 27.5 Å². The maximum atomic E-state index is 11.6. The van der Waals surface area contributed by atoms with Gasteiger partial charge in [-0.05, 0) is 0 Å². The van der Waals surface area contributed by atoms with Crippen LogP contribution in [0.1, 0.15) is 17.4 Å². The number of hydrogen-bond acceptors (Lipinski definition) is 5. The van der Waals surface area contributed by atoms with Crippen molar-refractivity contribution in [3.05, 3.63) is 11.9 Å². The van der Waals surface area contributed by atoms with E-state index >= 15 is 0 Å². The van der Waals surface area contributed by atoms with Crippen molar-refractivity contribution in [1.29, 1.82) is 0 Å². The van der Waals surface area contributed by atoms with Crippen LogP contribution >= 0.6 is 11.8 Å². The minimum atomic E-state index is -0.261. The molecule has 0 aromatic carbocycles. The molecule has 80 valence electrons. The number of rotatable bonds is 1. The maximum absolute atomic E-state index is 11.6. The van der Waals surface area contributed by atoms with Gasteiger partial charge < -0.3 is 0 Å². The summed E-state index contributed by atoms with van der Waals surface area (Å²) >= 11 is 1.56. The van der Waals surface area contributed by atoms with Gasteiger partial charge in [0.2, 0.25) is 0 Å². The summed E-state index contributed by atoms with van der Waals surface area (Å²) in [5.41, 5.74) is 0.306.